The maximum absolute atomic E-state index is 14.1. The van der Waals surface area contributed by atoms with Crippen LogP contribution in [0.3, 0.4) is 0 Å². The van der Waals surface area contributed by atoms with Crippen LogP contribution in [0.5, 0.6) is 17.2 Å². The van der Waals surface area contributed by atoms with E-state index in [4.69, 9.17) is 14.2 Å². The van der Waals surface area contributed by atoms with Crippen LogP contribution in [0.4, 0.5) is 17.6 Å². The van der Waals surface area contributed by atoms with Gasteiger partial charge in [0, 0.05) is 12.5 Å². The van der Waals surface area contributed by atoms with Crippen molar-refractivity contribution in [3.63, 3.8) is 0 Å². The molecule has 0 bridgehead atoms. The minimum atomic E-state index is -4.72. The molecule has 0 aromatic heterocycles. The summed E-state index contributed by atoms with van der Waals surface area (Å²) in [6.07, 6.45) is -4.50. The molecule has 0 saturated carbocycles. The number of esters is 1. The molecule has 2 aromatic rings. The summed E-state index contributed by atoms with van der Waals surface area (Å²) in [4.78, 5) is 11.7. The van der Waals surface area contributed by atoms with Gasteiger partial charge in [0.2, 0.25) is 0 Å². The molecule has 0 aliphatic carbocycles. The van der Waals surface area contributed by atoms with E-state index in [9.17, 15) is 22.4 Å². The van der Waals surface area contributed by atoms with Crippen LogP contribution in [0.25, 0.3) is 0 Å². The fourth-order valence-electron chi connectivity index (χ4n) is 2.63. The molecule has 0 heterocycles. The Kier molecular flexibility index (Phi) is 7.47. The lowest BCUT2D eigenvalue weighted by atomic mass is 10.1. The first-order valence-electron chi connectivity index (χ1n) is 9.18. The van der Waals surface area contributed by atoms with Gasteiger partial charge in [-0.15, -0.1) is 0 Å². The van der Waals surface area contributed by atoms with Crippen LogP contribution in [0.1, 0.15) is 43.9 Å². The van der Waals surface area contributed by atoms with Crippen LogP contribution < -0.4 is 14.2 Å². The SMILES string of the molecule is CCOc1cccc(OC(=O)CC)c1COc1cc(F)c(CC)cc1C(F)(F)F. The van der Waals surface area contributed by atoms with Gasteiger partial charge in [-0.25, -0.2) is 4.39 Å². The number of rotatable bonds is 8. The lowest BCUT2D eigenvalue weighted by molar-refractivity contribution is -0.139. The summed E-state index contributed by atoms with van der Waals surface area (Å²) in [5.74, 6) is -1.54. The van der Waals surface area contributed by atoms with E-state index in [0.717, 1.165) is 12.1 Å². The molecule has 0 unspecified atom stereocenters. The standard InChI is InChI=1S/C21H22F4O4/c1-4-13-10-15(21(23,24)25)19(11-16(13)22)28-12-14-17(27-6-3)8-7-9-18(14)29-20(26)5-2/h7-11H,4-6,12H2,1-3H3. The molecule has 0 fully saturated rings. The van der Waals surface area contributed by atoms with E-state index in [1.54, 1.807) is 32.9 Å². The molecule has 0 N–H and O–H groups in total. The number of carbonyl (C=O) groups excluding carboxylic acids is 1. The first-order valence-corrected chi connectivity index (χ1v) is 9.18. The molecule has 0 aliphatic heterocycles. The van der Waals surface area contributed by atoms with Crippen molar-refractivity contribution in [2.45, 2.75) is 46.4 Å². The Morgan fingerprint density at radius 3 is 2.28 bits per heavy atom. The second-order valence-corrected chi connectivity index (χ2v) is 6.07. The summed E-state index contributed by atoms with van der Waals surface area (Å²) >= 11 is 0. The fraction of sp³-hybridized carbons (Fsp3) is 0.381. The molecule has 0 amide bonds. The van der Waals surface area contributed by atoms with Crippen LogP contribution in [0.2, 0.25) is 0 Å². The van der Waals surface area contributed by atoms with Gasteiger partial charge in [-0.05, 0) is 37.1 Å². The maximum atomic E-state index is 14.1. The summed E-state index contributed by atoms with van der Waals surface area (Å²) < 4.78 is 70.4. The zero-order valence-corrected chi connectivity index (χ0v) is 16.4. The van der Waals surface area contributed by atoms with Crippen molar-refractivity contribution in [1.82, 2.24) is 0 Å². The third-order valence-electron chi connectivity index (χ3n) is 4.11. The van der Waals surface area contributed by atoms with Gasteiger partial charge in [0.05, 0.1) is 17.7 Å². The highest BCUT2D eigenvalue weighted by Gasteiger charge is 2.35. The predicted molar refractivity (Wildman–Crippen MR) is 98.6 cm³/mol. The maximum Gasteiger partial charge on any atom is 0.419 e. The summed E-state index contributed by atoms with van der Waals surface area (Å²) in [5, 5.41) is 0. The normalized spacial score (nSPS) is 11.3. The minimum absolute atomic E-state index is 0.0584. The van der Waals surface area contributed by atoms with Gasteiger partial charge in [-0.3, -0.25) is 4.79 Å². The van der Waals surface area contributed by atoms with Gasteiger partial charge < -0.3 is 14.2 Å². The topological polar surface area (TPSA) is 44.8 Å². The van der Waals surface area contributed by atoms with E-state index >= 15 is 0 Å². The Hall–Kier alpha value is -2.77. The average Bonchev–Trinajstić information content (AvgIpc) is 2.66. The number of carbonyl (C=O) groups is 1. The summed E-state index contributed by atoms with van der Waals surface area (Å²) in [7, 11) is 0. The number of halogens is 4. The first kappa shape index (κ1) is 22.5. The molecule has 0 spiro atoms. The van der Waals surface area contributed by atoms with E-state index in [-0.39, 0.29) is 36.3 Å². The number of alkyl halides is 3. The van der Waals surface area contributed by atoms with Crippen LogP contribution in [-0.4, -0.2) is 12.6 Å². The number of aryl methyl sites for hydroxylation is 1. The van der Waals surface area contributed by atoms with E-state index in [0.29, 0.717) is 5.75 Å². The average molecular weight is 414 g/mol. The second-order valence-electron chi connectivity index (χ2n) is 6.07. The second kappa shape index (κ2) is 9.62. The lowest BCUT2D eigenvalue weighted by Crippen LogP contribution is -2.13. The third kappa shape index (κ3) is 5.62. The summed E-state index contributed by atoms with van der Waals surface area (Å²) in [6.45, 7) is 4.78. The van der Waals surface area contributed by atoms with Gasteiger partial charge in [0.1, 0.15) is 29.7 Å². The van der Waals surface area contributed by atoms with Crippen molar-refractivity contribution in [1.29, 1.82) is 0 Å². The first-order chi connectivity index (χ1) is 13.7. The molecule has 0 radical (unpaired) electrons. The van der Waals surface area contributed by atoms with E-state index < -0.39 is 35.9 Å². The highest BCUT2D eigenvalue weighted by atomic mass is 19.4. The summed E-state index contributed by atoms with van der Waals surface area (Å²) in [6, 6.07) is 6.13. The molecule has 2 aromatic carbocycles. The highest BCUT2D eigenvalue weighted by Crippen LogP contribution is 2.39. The van der Waals surface area contributed by atoms with Crippen molar-refractivity contribution >= 4 is 5.97 Å². The molecule has 0 atom stereocenters. The minimum Gasteiger partial charge on any atom is -0.493 e. The third-order valence-corrected chi connectivity index (χ3v) is 4.11. The van der Waals surface area contributed by atoms with Gasteiger partial charge in [0.25, 0.3) is 0 Å². The van der Waals surface area contributed by atoms with Crippen molar-refractivity contribution < 1.29 is 36.6 Å². The Morgan fingerprint density at radius 2 is 1.69 bits per heavy atom. The molecule has 2 rings (SSSR count). The summed E-state index contributed by atoms with van der Waals surface area (Å²) in [5.41, 5.74) is -0.877. The molecular formula is C21H22F4O4. The largest absolute Gasteiger partial charge is 0.493 e. The van der Waals surface area contributed by atoms with E-state index in [1.165, 1.54) is 6.07 Å². The predicted octanol–water partition coefficient (Wildman–Crippen LogP) is 5.70. The molecule has 8 heteroatoms. The van der Waals surface area contributed by atoms with Crippen molar-refractivity contribution in [2.24, 2.45) is 0 Å². The van der Waals surface area contributed by atoms with Crippen molar-refractivity contribution in [3.8, 4) is 17.2 Å². The van der Waals surface area contributed by atoms with Gasteiger partial charge in [-0.1, -0.05) is 19.9 Å². The van der Waals surface area contributed by atoms with Gasteiger partial charge in [-0.2, -0.15) is 13.2 Å². The zero-order chi connectivity index (χ0) is 21.6. The quantitative estimate of drug-likeness (QED) is 0.316. The van der Waals surface area contributed by atoms with E-state index in [2.05, 4.69) is 0 Å². The molecule has 29 heavy (non-hydrogen) atoms. The Bertz CT molecular complexity index is 862. The molecular weight excluding hydrogens is 392 g/mol. The van der Waals surface area contributed by atoms with Crippen LogP contribution in [0.15, 0.2) is 30.3 Å². The number of hydrogen-bond donors (Lipinski definition) is 0. The van der Waals surface area contributed by atoms with Gasteiger partial charge >= 0.3 is 12.1 Å². The van der Waals surface area contributed by atoms with Crippen molar-refractivity contribution in [3.05, 3.63) is 52.8 Å². The lowest BCUT2D eigenvalue weighted by Gasteiger charge is -2.18. The van der Waals surface area contributed by atoms with Crippen LogP contribution in [-0.2, 0) is 24.0 Å². The van der Waals surface area contributed by atoms with Gasteiger partial charge in [0.15, 0.2) is 0 Å². The monoisotopic (exact) mass is 414 g/mol. The Labute approximate surface area is 166 Å². The van der Waals surface area contributed by atoms with Crippen LogP contribution >= 0.6 is 0 Å². The van der Waals surface area contributed by atoms with Crippen LogP contribution in [0, 0.1) is 5.82 Å². The number of ether oxygens (including phenoxy) is 3. The van der Waals surface area contributed by atoms with Crippen molar-refractivity contribution in [2.75, 3.05) is 6.61 Å². The smallest absolute Gasteiger partial charge is 0.419 e. The molecule has 4 nitrogen and oxygen atoms in total. The van der Waals surface area contributed by atoms with E-state index in [1.807, 2.05) is 0 Å². The highest BCUT2D eigenvalue weighted by molar-refractivity contribution is 5.72. The number of benzene rings is 2. The number of hydrogen-bond acceptors (Lipinski definition) is 4. The fourth-order valence-corrected chi connectivity index (χ4v) is 2.63. The molecule has 0 saturated heterocycles. The molecule has 158 valence electrons. The zero-order valence-electron chi connectivity index (χ0n) is 16.4. The molecule has 0 aliphatic rings. The Morgan fingerprint density at radius 1 is 1.00 bits per heavy atom. The Balaban J connectivity index is 2.42.